The summed E-state index contributed by atoms with van der Waals surface area (Å²) in [5.41, 5.74) is 0.862. The minimum atomic E-state index is -0.760. The topological polar surface area (TPSA) is 81.7 Å². The first-order valence-electron chi connectivity index (χ1n) is 7.01. The smallest absolute Gasteiger partial charge is 0.340 e. The van der Waals surface area contributed by atoms with Gasteiger partial charge < -0.3 is 14.8 Å². The molecule has 0 saturated carbocycles. The lowest BCUT2D eigenvalue weighted by Crippen LogP contribution is -2.21. The third kappa shape index (κ3) is 4.95. The predicted octanol–water partition coefficient (Wildman–Crippen LogP) is 3.58. The normalized spacial score (nSPS) is 10.0. The van der Waals surface area contributed by atoms with Gasteiger partial charge in [-0.15, -0.1) is 0 Å². The molecule has 0 aliphatic rings. The van der Waals surface area contributed by atoms with Gasteiger partial charge in [0.25, 0.3) is 5.91 Å². The molecule has 0 unspecified atom stereocenters. The number of hydrogen-bond acceptors (Lipinski definition) is 5. The number of amides is 1. The highest BCUT2D eigenvalue weighted by molar-refractivity contribution is 6.43. The molecule has 2 aromatic carbocycles. The number of methoxy groups -OCH3 is 1. The first-order chi connectivity index (χ1) is 11.9. The molecule has 130 valence electrons. The molecule has 0 bridgehead atoms. The van der Waals surface area contributed by atoms with Gasteiger partial charge in [0.05, 0.1) is 28.3 Å². The van der Waals surface area contributed by atoms with Crippen LogP contribution in [0.1, 0.15) is 20.7 Å². The SMILES string of the molecule is COC(=O)c1ccc(NC(=O)COC(=O)c2cccc(Cl)c2Cl)cc1. The Balaban J connectivity index is 1.91. The summed E-state index contributed by atoms with van der Waals surface area (Å²) < 4.78 is 9.49. The van der Waals surface area contributed by atoms with Gasteiger partial charge in [-0.25, -0.2) is 9.59 Å². The first-order valence-corrected chi connectivity index (χ1v) is 7.77. The molecule has 0 aliphatic heterocycles. The van der Waals surface area contributed by atoms with E-state index in [-0.39, 0.29) is 15.6 Å². The molecule has 0 saturated heterocycles. The van der Waals surface area contributed by atoms with Crippen LogP contribution in [0.25, 0.3) is 0 Å². The summed E-state index contributed by atoms with van der Waals surface area (Å²) in [5.74, 6) is -1.79. The molecule has 8 heteroatoms. The molecule has 0 radical (unpaired) electrons. The lowest BCUT2D eigenvalue weighted by atomic mass is 10.2. The Bertz CT molecular complexity index is 805. The molecule has 6 nitrogen and oxygen atoms in total. The summed E-state index contributed by atoms with van der Waals surface area (Å²) in [7, 11) is 1.28. The second-order valence-corrected chi connectivity index (χ2v) is 5.58. The van der Waals surface area contributed by atoms with Gasteiger partial charge in [-0.3, -0.25) is 4.79 Å². The van der Waals surface area contributed by atoms with E-state index in [0.29, 0.717) is 11.3 Å². The van der Waals surface area contributed by atoms with Gasteiger partial charge in [-0.1, -0.05) is 29.3 Å². The molecule has 0 spiro atoms. The zero-order valence-corrected chi connectivity index (χ0v) is 14.6. The van der Waals surface area contributed by atoms with Crippen molar-refractivity contribution in [2.24, 2.45) is 0 Å². The Morgan fingerprint density at radius 1 is 1.00 bits per heavy atom. The van der Waals surface area contributed by atoms with Gasteiger partial charge in [0.15, 0.2) is 6.61 Å². The maximum Gasteiger partial charge on any atom is 0.340 e. The highest BCUT2D eigenvalue weighted by Crippen LogP contribution is 2.25. The fourth-order valence-corrected chi connectivity index (χ4v) is 2.25. The molecule has 1 N–H and O–H groups in total. The van der Waals surface area contributed by atoms with Crippen LogP contribution in [0.15, 0.2) is 42.5 Å². The van der Waals surface area contributed by atoms with Gasteiger partial charge >= 0.3 is 11.9 Å². The number of carbonyl (C=O) groups is 3. The molecule has 0 heterocycles. The van der Waals surface area contributed by atoms with Crippen LogP contribution in [0, 0.1) is 0 Å². The predicted molar refractivity (Wildman–Crippen MR) is 93.2 cm³/mol. The van der Waals surface area contributed by atoms with Gasteiger partial charge in [-0.05, 0) is 36.4 Å². The van der Waals surface area contributed by atoms with Crippen LogP contribution in [-0.4, -0.2) is 31.6 Å². The van der Waals surface area contributed by atoms with Crippen molar-refractivity contribution in [1.82, 2.24) is 0 Å². The Kier molecular flexibility index (Phi) is 6.38. The van der Waals surface area contributed by atoms with E-state index in [1.807, 2.05) is 0 Å². The van der Waals surface area contributed by atoms with Crippen molar-refractivity contribution < 1.29 is 23.9 Å². The van der Waals surface area contributed by atoms with Gasteiger partial charge in [0.2, 0.25) is 0 Å². The van der Waals surface area contributed by atoms with E-state index in [1.54, 1.807) is 6.07 Å². The molecular formula is C17H13Cl2NO5. The summed E-state index contributed by atoms with van der Waals surface area (Å²) in [6.45, 7) is -0.500. The summed E-state index contributed by atoms with van der Waals surface area (Å²) in [5, 5.41) is 2.81. The molecule has 0 aliphatic carbocycles. The third-order valence-electron chi connectivity index (χ3n) is 3.10. The number of benzene rings is 2. The van der Waals surface area contributed by atoms with Crippen molar-refractivity contribution in [2.75, 3.05) is 19.0 Å². The van der Waals surface area contributed by atoms with Crippen LogP contribution in [0.3, 0.4) is 0 Å². The molecule has 2 aromatic rings. The highest BCUT2D eigenvalue weighted by Gasteiger charge is 2.15. The van der Waals surface area contributed by atoms with Crippen LogP contribution >= 0.6 is 23.2 Å². The van der Waals surface area contributed by atoms with E-state index in [1.165, 1.54) is 43.5 Å². The van der Waals surface area contributed by atoms with Gasteiger partial charge in [0, 0.05) is 5.69 Å². The monoisotopic (exact) mass is 381 g/mol. The number of carbonyl (C=O) groups excluding carboxylic acids is 3. The van der Waals surface area contributed by atoms with Crippen LogP contribution in [0.2, 0.25) is 10.0 Å². The minimum absolute atomic E-state index is 0.0629. The molecule has 0 fully saturated rings. The number of ether oxygens (including phenoxy) is 2. The zero-order chi connectivity index (χ0) is 18.4. The van der Waals surface area contributed by atoms with Gasteiger partial charge in [-0.2, -0.15) is 0 Å². The van der Waals surface area contributed by atoms with Crippen LogP contribution in [0.4, 0.5) is 5.69 Å². The summed E-state index contributed by atoms with van der Waals surface area (Å²) >= 11 is 11.7. The van der Waals surface area contributed by atoms with Crippen molar-refractivity contribution in [3.05, 3.63) is 63.6 Å². The Labute approximate surface area is 153 Å². The van der Waals surface area contributed by atoms with Crippen LogP contribution in [-0.2, 0) is 14.3 Å². The average Bonchev–Trinajstić information content (AvgIpc) is 2.62. The van der Waals surface area contributed by atoms with E-state index >= 15 is 0 Å². The number of halogens is 2. The van der Waals surface area contributed by atoms with Gasteiger partial charge in [0.1, 0.15) is 0 Å². The first kappa shape index (κ1) is 18.8. The Morgan fingerprint density at radius 3 is 2.32 bits per heavy atom. The second kappa shape index (κ2) is 8.50. The minimum Gasteiger partial charge on any atom is -0.465 e. The highest BCUT2D eigenvalue weighted by atomic mass is 35.5. The molecular weight excluding hydrogens is 369 g/mol. The van der Waals surface area contributed by atoms with Crippen molar-refractivity contribution in [1.29, 1.82) is 0 Å². The van der Waals surface area contributed by atoms with Crippen molar-refractivity contribution in [3.63, 3.8) is 0 Å². The fraction of sp³-hybridized carbons (Fsp3) is 0.118. The largest absolute Gasteiger partial charge is 0.465 e. The maximum atomic E-state index is 11.9. The van der Waals surface area contributed by atoms with Crippen molar-refractivity contribution >= 4 is 46.7 Å². The fourth-order valence-electron chi connectivity index (χ4n) is 1.87. The van der Waals surface area contributed by atoms with Crippen molar-refractivity contribution in [3.8, 4) is 0 Å². The number of rotatable bonds is 5. The van der Waals surface area contributed by atoms with Crippen LogP contribution in [0.5, 0.6) is 0 Å². The van der Waals surface area contributed by atoms with E-state index in [9.17, 15) is 14.4 Å². The second-order valence-electron chi connectivity index (χ2n) is 4.79. The Hall–Kier alpha value is -2.57. The molecule has 1 amide bonds. The van der Waals surface area contributed by atoms with E-state index in [4.69, 9.17) is 27.9 Å². The van der Waals surface area contributed by atoms with Crippen LogP contribution < -0.4 is 5.32 Å². The van der Waals surface area contributed by atoms with E-state index in [2.05, 4.69) is 10.1 Å². The number of hydrogen-bond donors (Lipinski definition) is 1. The maximum absolute atomic E-state index is 11.9. The lowest BCUT2D eigenvalue weighted by molar-refractivity contribution is -0.119. The zero-order valence-electron chi connectivity index (χ0n) is 13.0. The summed E-state index contributed by atoms with van der Waals surface area (Å²) in [6.07, 6.45) is 0. The standard InChI is InChI=1S/C17H13Cl2NO5/c1-24-16(22)10-5-7-11(8-6-10)20-14(21)9-25-17(23)12-3-2-4-13(18)15(12)19/h2-8H,9H2,1H3,(H,20,21). The summed E-state index contributed by atoms with van der Waals surface area (Å²) in [6, 6.07) is 10.6. The third-order valence-corrected chi connectivity index (χ3v) is 3.91. The molecule has 0 atom stereocenters. The van der Waals surface area contributed by atoms with E-state index in [0.717, 1.165) is 0 Å². The average molecular weight is 382 g/mol. The molecule has 2 rings (SSSR count). The van der Waals surface area contributed by atoms with Crippen molar-refractivity contribution in [2.45, 2.75) is 0 Å². The quantitative estimate of drug-likeness (QED) is 0.800. The molecule has 25 heavy (non-hydrogen) atoms. The summed E-state index contributed by atoms with van der Waals surface area (Å²) in [4.78, 5) is 35.1. The number of anilines is 1. The number of esters is 2. The molecule has 0 aromatic heterocycles. The Morgan fingerprint density at radius 2 is 1.68 bits per heavy atom. The lowest BCUT2D eigenvalue weighted by Gasteiger charge is -2.08. The number of nitrogens with one attached hydrogen (secondary N) is 1. The van der Waals surface area contributed by atoms with E-state index < -0.39 is 24.5 Å².